The molecule has 0 heterocycles. The molecule has 0 spiro atoms. The van der Waals surface area contributed by atoms with Gasteiger partial charge in [-0.1, -0.05) is 19.7 Å². The summed E-state index contributed by atoms with van der Waals surface area (Å²) in [5.74, 6) is -1.34. The fourth-order valence-corrected chi connectivity index (χ4v) is 0.997. The van der Waals surface area contributed by atoms with Gasteiger partial charge in [-0.3, -0.25) is 0 Å². The van der Waals surface area contributed by atoms with Gasteiger partial charge in [0.2, 0.25) is 0 Å². The van der Waals surface area contributed by atoms with Crippen LogP contribution >= 0.6 is 0 Å². The van der Waals surface area contributed by atoms with Crippen molar-refractivity contribution in [2.45, 2.75) is 20.8 Å². The van der Waals surface area contributed by atoms with Crippen LogP contribution in [0.4, 0.5) is 0 Å². The Morgan fingerprint density at radius 1 is 0.654 bits per heavy atom. The van der Waals surface area contributed by atoms with Crippen molar-refractivity contribution >= 4 is 17.9 Å². The maximum Gasteiger partial charge on any atom is 0.333 e. The second-order valence-corrected chi connectivity index (χ2v) is 5.08. The average Bonchev–Trinajstić information content (AvgIpc) is 2.58. The lowest BCUT2D eigenvalue weighted by Gasteiger charge is -2.06. The molecule has 1 N–H and O–H groups in total. The van der Waals surface area contributed by atoms with Crippen molar-refractivity contribution in [1.29, 1.82) is 0 Å². The van der Waals surface area contributed by atoms with Crippen LogP contribution in [0.2, 0.25) is 0 Å². The first kappa shape index (κ1) is 25.8. The highest BCUT2D eigenvalue weighted by Gasteiger charge is 2.03. The zero-order chi connectivity index (χ0) is 20.5. The van der Waals surface area contributed by atoms with Crippen molar-refractivity contribution in [3.8, 4) is 0 Å². The molecule has 26 heavy (non-hydrogen) atoms. The molecule has 0 aliphatic heterocycles. The molecule has 0 aromatic rings. The molecule has 0 radical (unpaired) electrons. The van der Waals surface area contributed by atoms with Gasteiger partial charge in [0.15, 0.2) is 0 Å². The lowest BCUT2D eigenvalue weighted by molar-refractivity contribution is -0.142. The molecule has 0 rings (SSSR count). The smallest absolute Gasteiger partial charge is 0.333 e. The highest BCUT2D eigenvalue weighted by molar-refractivity contribution is 5.87. The molecule has 8 nitrogen and oxygen atoms in total. The summed E-state index contributed by atoms with van der Waals surface area (Å²) in [6.07, 6.45) is 0. The van der Waals surface area contributed by atoms with Crippen molar-refractivity contribution in [2.75, 3.05) is 39.6 Å². The summed E-state index contributed by atoms with van der Waals surface area (Å²) in [6.45, 7) is 15.6. The van der Waals surface area contributed by atoms with Gasteiger partial charge in [0.1, 0.15) is 19.8 Å². The average molecular weight is 372 g/mol. The number of esters is 3. The third kappa shape index (κ3) is 16.4. The van der Waals surface area contributed by atoms with E-state index in [1.54, 1.807) is 20.8 Å². The lowest BCUT2D eigenvalue weighted by atomic mass is 10.4. The van der Waals surface area contributed by atoms with E-state index in [2.05, 4.69) is 24.5 Å². The molecule has 0 bridgehead atoms. The van der Waals surface area contributed by atoms with E-state index in [1.165, 1.54) is 0 Å². The van der Waals surface area contributed by atoms with Crippen molar-refractivity contribution in [3.05, 3.63) is 36.5 Å². The molecule has 0 amide bonds. The number of rotatable bonds is 11. The van der Waals surface area contributed by atoms with Crippen molar-refractivity contribution in [2.24, 2.45) is 0 Å². The van der Waals surface area contributed by atoms with Gasteiger partial charge in [-0.05, 0) is 20.8 Å². The molecular formula is C18H28O8. The Morgan fingerprint density at radius 2 is 0.962 bits per heavy atom. The maximum atomic E-state index is 10.9. The van der Waals surface area contributed by atoms with Crippen molar-refractivity contribution in [3.63, 3.8) is 0 Å². The van der Waals surface area contributed by atoms with Crippen LogP contribution in [-0.2, 0) is 33.3 Å². The predicted octanol–water partition coefficient (Wildman–Crippen LogP) is 1.34. The molecule has 8 heteroatoms. The lowest BCUT2D eigenvalue weighted by Crippen LogP contribution is -2.14. The largest absolute Gasteiger partial charge is 0.460 e. The summed E-state index contributed by atoms with van der Waals surface area (Å²) in [5.41, 5.74) is 1.05. The molecule has 0 unspecified atom stereocenters. The second kappa shape index (κ2) is 16.0. The van der Waals surface area contributed by atoms with E-state index in [-0.39, 0.29) is 39.6 Å². The molecule has 0 saturated heterocycles. The quantitative estimate of drug-likeness (QED) is 0.250. The molecule has 0 atom stereocenters. The predicted molar refractivity (Wildman–Crippen MR) is 95.2 cm³/mol. The maximum absolute atomic E-state index is 10.9. The Hall–Kier alpha value is -2.45. The van der Waals surface area contributed by atoms with Crippen LogP contribution in [0.15, 0.2) is 36.5 Å². The molecule has 0 aliphatic carbocycles. The normalized spacial score (nSPS) is 9.23. The molecule has 0 saturated carbocycles. The Kier molecular flexibility index (Phi) is 15.9. The number of carbonyl (C=O) groups is 3. The van der Waals surface area contributed by atoms with Gasteiger partial charge in [0, 0.05) is 16.7 Å². The number of carbonyl (C=O) groups excluding carboxylic acids is 3. The highest BCUT2D eigenvalue weighted by Crippen LogP contribution is 1.93. The highest BCUT2D eigenvalue weighted by atomic mass is 16.6. The molecule has 0 fully saturated rings. The minimum Gasteiger partial charge on any atom is -0.460 e. The van der Waals surface area contributed by atoms with E-state index in [9.17, 15) is 14.4 Å². The van der Waals surface area contributed by atoms with Crippen LogP contribution in [0.25, 0.3) is 0 Å². The topological polar surface area (TPSA) is 108 Å². The first-order chi connectivity index (χ1) is 12.1. The summed E-state index contributed by atoms with van der Waals surface area (Å²) in [7, 11) is 0. The van der Waals surface area contributed by atoms with Crippen LogP contribution in [-0.4, -0.2) is 62.7 Å². The fourth-order valence-electron chi connectivity index (χ4n) is 0.997. The number of ether oxygens (including phenoxy) is 4. The van der Waals surface area contributed by atoms with Crippen LogP contribution in [0.3, 0.4) is 0 Å². The minimum absolute atomic E-state index is 0.0473. The van der Waals surface area contributed by atoms with E-state index in [4.69, 9.17) is 19.3 Å². The van der Waals surface area contributed by atoms with Crippen LogP contribution in [0, 0.1) is 0 Å². The van der Waals surface area contributed by atoms with Crippen molar-refractivity contribution < 1.29 is 38.4 Å². The van der Waals surface area contributed by atoms with E-state index >= 15 is 0 Å². The third-order valence-electron chi connectivity index (χ3n) is 2.29. The van der Waals surface area contributed by atoms with Crippen LogP contribution < -0.4 is 0 Å². The van der Waals surface area contributed by atoms with E-state index < -0.39 is 17.9 Å². The summed E-state index contributed by atoms with van der Waals surface area (Å²) in [5, 5.41) is 8.19. The SMILES string of the molecule is C=C(C)C(=O)OCCO.C=C(C)C(=O)OCCOCCOC(=O)C(=C)C. The number of hydrogen-bond donors (Lipinski definition) is 1. The molecule has 0 aliphatic rings. The second-order valence-electron chi connectivity index (χ2n) is 5.08. The standard InChI is InChI=1S/C12H18O5.C6H10O3/c1-9(2)11(13)16-7-5-15-6-8-17-12(14)10(3)4;1-5(2)6(8)9-4-3-7/h1,3,5-8H2,2,4H3;7H,1,3-4H2,2H3. The monoisotopic (exact) mass is 372 g/mol. The van der Waals surface area contributed by atoms with Crippen LogP contribution in [0.5, 0.6) is 0 Å². The van der Waals surface area contributed by atoms with Gasteiger partial charge in [0.05, 0.1) is 19.8 Å². The Morgan fingerprint density at radius 3 is 1.23 bits per heavy atom. The summed E-state index contributed by atoms with van der Waals surface area (Å²) >= 11 is 0. The fraction of sp³-hybridized carbons (Fsp3) is 0.500. The number of hydrogen-bond acceptors (Lipinski definition) is 8. The van der Waals surface area contributed by atoms with Gasteiger partial charge in [-0.25, -0.2) is 14.4 Å². The Labute approximate surface area is 154 Å². The van der Waals surface area contributed by atoms with Crippen LogP contribution in [0.1, 0.15) is 20.8 Å². The third-order valence-corrected chi connectivity index (χ3v) is 2.29. The summed E-state index contributed by atoms with van der Waals surface area (Å²) in [6, 6.07) is 0. The first-order valence-electron chi connectivity index (χ1n) is 7.80. The van der Waals surface area contributed by atoms with Gasteiger partial charge in [-0.15, -0.1) is 0 Å². The Balaban J connectivity index is 0. The zero-order valence-corrected chi connectivity index (χ0v) is 15.7. The first-order valence-corrected chi connectivity index (χ1v) is 7.80. The molecule has 0 aromatic heterocycles. The van der Waals surface area contributed by atoms with Gasteiger partial charge >= 0.3 is 17.9 Å². The zero-order valence-electron chi connectivity index (χ0n) is 15.7. The summed E-state index contributed by atoms with van der Waals surface area (Å²) in [4.78, 5) is 32.3. The number of aliphatic hydroxyl groups excluding tert-OH is 1. The van der Waals surface area contributed by atoms with Gasteiger partial charge < -0.3 is 24.1 Å². The minimum atomic E-state index is -0.455. The van der Waals surface area contributed by atoms with Crippen molar-refractivity contribution in [1.82, 2.24) is 0 Å². The molecule has 0 aromatic carbocycles. The molecule has 148 valence electrons. The summed E-state index contributed by atoms with van der Waals surface area (Å²) < 4.78 is 19.1. The molecular weight excluding hydrogens is 344 g/mol. The van der Waals surface area contributed by atoms with E-state index in [0.29, 0.717) is 16.7 Å². The number of aliphatic hydroxyl groups is 1. The van der Waals surface area contributed by atoms with E-state index in [1.807, 2.05) is 0 Å². The van der Waals surface area contributed by atoms with Gasteiger partial charge in [0.25, 0.3) is 0 Å². The van der Waals surface area contributed by atoms with Gasteiger partial charge in [-0.2, -0.15) is 0 Å². The Bertz CT molecular complexity index is 477. The van der Waals surface area contributed by atoms with E-state index in [0.717, 1.165) is 0 Å².